The Kier molecular flexibility index (Phi) is 5.85. The number of amides is 2. The Morgan fingerprint density at radius 3 is 2.53 bits per heavy atom. The van der Waals surface area contributed by atoms with E-state index >= 15 is 0 Å². The molecular formula is C22H24N6O2. The number of rotatable bonds is 6. The van der Waals surface area contributed by atoms with Crippen molar-refractivity contribution < 1.29 is 9.59 Å². The molecule has 0 bridgehead atoms. The lowest BCUT2D eigenvalue weighted by Gasteiger charge is -2.31. The second-order valence-electron chi connectivity index (χ2n) is 7.40. The van der Waals surface area contributed by atoms with Gasteiger partial charge in [-0.05, 0) is 37.1 Å². The van der Waals surface area contributed by atoms with Crippen LogP contribution in [0.5, 0.6) is 0 Å². The normalized spacial score (nSPS) is 15.1. The molecule has 1 aromatic carbocycles. The maximum absolute atomic E-state index is 13.1. The second-order valence-corrected chi connectivity index (χ2v) is 7.40. The van der Waals surface area contributed by atoms with Gasteiger partial charge in [-0.1, -0.05) is 18.2 Å². The van der Waals surface area contributed by atoms with E-state index in [1.54, 1.807) is 23.3 Å². The molecule has 1 fully saturated rings. The smallest absolute Gasteiger partial charge is 0.255 e. The summed E-state index contributed by atoms with van der Waals surface area (Å²) in [6.07, 6.45) is 6.70. The number of likely N-dealkylation sites (tertiary alicyclic amines) is 1. The molecule has 30 heavy (non-hydrogen) atoms. The number of hydrogen-bond donors (Lipinski definition) is 2. The maximum Gasteiger partial charge on any atom is 0.255 e. The van der Waals surface area contributed by atoms with Crippen LogP contribution in [0.15, 0.2) is 61.1 Å². The van der Waals surface area contributed by atoms with Gasteiger partial charge in [0.2, 0.25) is 5.91 Å². The van der Waals surface area contributed by atoms with Crippen LogP contribution in [0.3, 0.4) is 0 Å². The Hall–Kier alpha value is -3.52. The van der Waals surface area contributed by atoms with Crippen molar-refractivity contribution in [3.05, 3.63) is 66.6 Å². The zero-order chi connectivity index (χ0) is 20.9. The molecule has 4 rings (SSSR count). The minimum Gasteiger partial charge on any atom is -0.369 e. The number of carbonyl (C=O) groups is 2. The molecule has 0 spiro atoms. The first-order valence-electron chi connectivity index (χ1n) is 9.97. The molecular weight excluding hydrogens is 380 g/mol. The van der Waals surface area contributed by atoms with Crippen LogP contribution < -0.4 is 11.1 Å². The van der Waals surface area contributed by atoms with Gasteiger partial charge < -0.3 is 11.1 Å². The number of carbonyl (C=O) groups excluding carboxylic acids is 2. The Morgan fingerprint density at radius 2 is 1.87 bits per heavy atom. The van der Waals surface area contributed by atoms with Crippen molar-refractivity contribution in [1.82, 2.24) is 25.0 Å². The highest BCUT2D eigenvalue weighted by Crippen LogP contribution is 2.23. The summed E-state index contributed by atoms with van der Waals surface area (Å²) in [5.41, 5.74) is 8.03. The Labute approximate surface area is 174 Å². The Morgan fingerprint density at radius 1 is 1.10 bits per heavy atom. The van der Waals surface area contributed by atoms with E-state index in [9.17, 15) is 9.59 Å². The molecule has 1 aliphatic rings. The number of aromatic nitrogens is 3. The van der Waals surface area contributed by atoms with Crippen molar-refractivity contribution in [2.24, 2.45) is 5.73 Å². The van der Waals surface area contributed by atoms with Crippen LogP contribution in [0.25, 0.3) is 16.9 Å². The van der Waals surface area contributed by atoms with E-state index in [-0.39, 0.29) is 24.4 Å². The monoisotopic (exact) mass is 404 g/mol. The van der Waals surface area contributed by atoms with Crippen molar-refractivity contribution in [3.63, 3.8) is 0 Å². The number of para-hydroxylation sites is 1. The predicted molar refractivity (Wildman–Crippen MR) is 113 cm³/mol. The van der Waals surface area contributed by atoms with Gasteiger partial charge >= 0.3 is 0 Å². The van der Waals surface area contributed by atoms with Gasteiger partial charge in [0.15, 0.2) is 0 Å². The van der Waals surface area contributed by atoms with E-state index in [4.69, 9.17) is 5.73 Å². The van der Waals surface area contributed by atoms with Gasteiger partial charge in [-0.3, -0.25) is 19.5 Å². The maximum atomic E-state index is 13.1. The first-order chi connectivity index (χ1) is 14.6. The highest BCUT2D eigenvalue weighted by molar-refractivity contribution is 6.00. The number of pyridine rings is 1. The molecule has 0 saturated carbocycles. The SMILES string of the molecule is NC(=O)CN1CCC(NC(=O)c2cn(-c3ccccc3)nc2-c2cccnc2)CC1. The highest BCUT2D eigenvalue weighted by atomic mass is 16.2. The molecule has 3 N–H and O–H groups in total. The van der Waals surface area contributed by atoms with Crippen molar-refractivity contribution in [3.8, 4) is 16.9 Å². The van der Waals surface area contributed by atoms with Crippen LogP contribution >= 0.6 is 0 Å². The summed E-state index contributed by atoms with van der Waals surface area (Å²) >= 11 is 0. The first-order valence-corrected chi connectivity index (χ1v) is 9.97. The number of nitrogens with zero attached hydrogens (tertiary/aromatic N) is 4. The van der Waals surface area contributed by atoms with Gasteiger partial charge in [-0.25, -0.2) is 4.68 Å². The Bertz CT molecular complexity index is 1010. The molecule has 2 amide bonds. The number of primary amides is 1. The third-order valence-corrected chi connectivity index (χ3v) is 5.22. The molecule has 3 aromatic rings. The van der Waals surface area contributed by atoms with Crippen molar-refractivity contribution in [2.45, 2.75) is 18.9 Å². The summed E-state index contributed by atoms with van der Waals surface area (Å²) in [5, 5.41) is 7.79. The van der Waals surface area contributed by atoms with E-state index in [2.05, 4.69) is 15.4 Å². The average Bonchev–Trinajstić information content (AvgIpc) is 3.22. The van der Waals surface area contributed by atoms with Gasteiger partial charge in [0, 0.05) is 43.3 Å². The number of nitrogens with one attached hydrogen (secondary N) is 1. The standard InChI is InChI=1S/C22H24N6O2/c23-20(29)15-27-11-8-17(9-12-27)25-22(30)19-14-28(18-6-2-1-3-7-18)26-21(19)16-5-4-10-24-13-16/h1-7,10,13-14,17H,8-9,11-12,15H2,(H2,23,29)(H,25,30). The first kappa shape index (κ1) is 19.8. The lowest BCUT2D eigenvalue weighted by atomic mass is 10.0. The third-order valence-electron chi connectivity index (χ3n) is 5.22. The molecule has 2 aromatic heterocycles. The summed E-state index contributed by atoms with van der Waals surface area (Å²) in [6.45, 7) is 1.72. The topological polar surface area (TPSA) is 106 Å². The average molecular weight is 404 g/mol. The summed E-state index contributed by atoms with van der Waals surface area (Å²) in [6, 6.07) is 13.4. The molecule has 0 aliphatic carbocycles. The molecule has 0 atom stereocenters. The minimum absolute atomic E-state index is 0.0449. The van der Waals surface area contributed by atoms with Gasteiger partial charge in [0.25, 0.3) is 5.91 Å². The molecule has 0 radical (unpaired) electrons. The summed E-state index contributed by atoms with van der Waals surface area (Å²) < 4.78 is 1.71. The van der Waals surface area contributed by atoms with Crippen LogP contribution in [0, 0.1) is 0 Å². The van der Waals surface area contributed by atoms with Gasteiger partial charge in [0.1, 0.15) is 5.69 Å². The lowest BCUT2D eigenvalue weighted by Crippen LogP contribution is -2.46. The van der Waals surface area contributed by atoms with Crippen molar-refractivity contribution in [1.29, 1.82) is 0 Å². The van der Waals surface area contributed by atoms with Crippen molar-refractivity contribution >= 4 is 11.8 Å². The third kappa shape index (κ3) is 4.55. The van der Waals surface area contributed by atoms with Crippen LogP contribution in [0.2, 0.25) is 0 Å². The molecule has 1 saturated heterocycles. The molecule has 154 valence electrons. The largest absolute Gasteiger partial charge is 0.369 e. The zero-order valence-electron chi connectivity index (χ0n) is 16.6. The minimum atomic E-state index is -0.327. The highest BCUT2D eigenvalue weighted by Gasteiger charge is 2.25. The van der Waals surface area contributed by atoms with Crippen LogP contribution in [0.4, 0.5) is 0 Å². The molecule has 8 nitrogen and oxygen atoms in total. The van der Waals surface area contributed by atoms with Crippen LogP contribution in [0.1, 0.15) is 23.2 Å². The number of hydrogen-bond acceptors (Lipinski definition) is 5. The zero-order valence-corrected chi connectivity index (χ0v) is 16.6. The summed E-state index contributed by atoms with van der Waals surface area (Å²) in [7, 11) is 0. The quantitative estimate of drug-likeness (QED) is 0.649. The fraction of sp³-hybridized carbons (Fsp3) is 0.273. The predicted octanol–water partition coefficient (Wildman–Crippen LogP) is 1.61. The van der Waals surface area contributed by atoms with Gasteiger partial charge in [0.05, 0.1) is 17.8 Å². The van der Waals surface area contributed by atoms with Gasteiger partial charge in [-0.15, -0.1) is 0 Å². The second kappa shape index (κ2) is 8.87. The van der Waals surface area contributed by atoms with Crippen LogP contribution in [-0.4, -0.2) is 57.2 Å². The van der Waals surface area contributed by atoms with E-state index in [1.165, 1.54) is 0 Å². The fourth-order valence-corrected chi connectivity index (χ4v) is 3.69. The van der Waals surface area contributed by atoms with Gasteiger partial charge in [-0.2, -0.15) is 5.10 Å². The van der Waals surface area contributed by atoms with Crippen LogP contribution in [-0.2, 0) is 4.79 Å². The molecule has 1 aliphatic heterocycles. The fourth-order valence-electron chi connectivity index (χ4n) is 3.69. The summed E-state index contributed by atoms with van der Waals surface area (Å²) in [5.74, 6) is -0.490. The van der Waals surface area contributed by atoms with E-state index in [1.807, 2.05) is 47.4 Å². The molecule has 8 heteroatoms. The molecule has 0 unspecified atom stereocenters. The summed E-state index contributed by atoms with van der Waals surface area (Å²) in [4.78, 5) is 30.4. The number of piperidine rings is 1. The number of benzene rings is 1. The molecule has 3 heterocycles. The van der Waals surface area contributed by atoms with Crippen molar-refractivity contribution in [2.75, 3.05) is 19.6 Å². The number of nitrogens with two attached hydrogens (primary N) is 1. The lowest BCUT2D eigenvalue weighted by molar-refractivity contribution is -0.119. The van der Waals surface area contributed by atoms with E-state index in [0.29, 0.717) is 11.3 Å². The van der Waals surface area contributed by atoms with E-state index in [0.717, 1.165) is 37.2 Å². The Balaban J connectivity index is 1.54. The van der Waals surface area contributed by atoms with E-state index < -0.39 is 0 Å².